The molecule has 3 rings (SSSR count). The fraction of sp³-hybridized carbons (Fsp3) is 0.0588. The molecule has 0 saturated heterocycles. The van der Waals surface area contributed by atoms with Crippen molar-refractivity contribution in [2.45, 2.75) is 6.42 Å². The highest BCUT2D eigenvalue weighted by molar-refractivity contribution is 7.13. The first-order chi connectivity index (χ1) is 11.1. The van der Waals surface area contributed by atoms with Gasteiger partial charge >= 0.3 is 0 Å². The molecule has 23 heavy (non-hydrogen) atoms. The molecule has 2 aromatic carbocycles. The van der Waals surface area contributed by atoms with E-state index in [0.717, 1.165) is 16.3 Å². The molecule has 1 aromatic heterocycles. The maximum absolute atomic E-state index is 12.2. The number of carbonyl (C=O) groups excluding carboxylic acids is 1. The maximum Gasteiger partial charge on any atom is 0.228 e. The van der Waals surface area contributed by atoms with Gasteiger partial charge in [-0.15, -0.1) is 11.3 Å². The van der Waals surface area contributed by atoms with E-state index in [4.69, 9.17) is 23.2 Å². The molecule has 0 spiro atoms. The second kappa shape index (κ2) is 7.13. The van der Waals surface area contributed by atoms with Crippen molar-refractivity contribution in [3.63, 3.8) is 0 Å². The van der Waals surface area contributed by atoms with Gasteiger partial charge in [0.15, 0.2) is 0 Å². The van der Waals surface area contributed by atoms with Crippen LogP contribution in [0.2, 0.25) is 10.0 Å². The lowest BCUT2D eigenvalue weighted by Gasteiger charge is -2.08. The van der Waals surface area contributed by atoms with Crippen LogP contribution in [0, 0.1) is 0 Å². The monoisotopic (exact) mass is 362 g/mol. The number of aromatic nitrogens is 1. The minimum atomic E-state index is -0.165. The average molecular weight is 363 g/mol. The number of hydrogen-bond donors (Lipinski definition) is 1. The Labute approximate surface area is 147 Å². The second-order valence-electron chi connectivity index (χ2n) is 4.84. The summed E-state index contributed by atoms with van der Waals surface area (Å²) in [6, 6.07) is 12.8. The van der Waals surface area contributed by atoms with Gasteiger partial charge in [0.25, 0.3) is 0 Å². The molecule has 0 saturated carbocycles. The van der Waals surface area contributed by atoms with Gasteiger partial charge in [0.1, 0.15) is 5.01 Å². The molecule has 6 heteroatoms. The van der Waals surface area contributed by atoms with E-state index in [0.29, 0.717) is 15.6 Å². The summed E-state index contributed by atoms with van der Waals surface area (Å²) in [7, 11) is 0. The summed E-state index contributed by atoms with van der Waals surface area (Å²) in [6.07, 6.45) is 1.90. The minimum absolute atomic E-state index is 0.132. The van der Waals surface area contributed by atoms with Crippen LogP contribution in [0.5, 0.6) is 0 Å². The van der Waals surface area contributed by atoms with Crippen LogP contribution < -0.4 is 5.32 Å². The molecular weight excluding hydrogens is 351 g/mol. The van der Waals surface area contributed by atoms with E-state index >= 15 is 0 Å². The molecule has 1 N–H and O–H groups in total. The van der Waals surface area contributed by atoms with Crippen molar-refractivity contribution in [3.8, 4) is 10.6 Å². The van der Waals surface area contributed by atoms with Gasteiger partial charge in [0.2, 0.25) is 5.91 Å². The van der Waals surface area contributed by atoms with Crippen LogP contribution in [0.3, 0.4) is 0 Å². The Bertz CT molecular complexity index is 797. The van der Waals surface area contributed by atoms with Crippen molar-refractivity contribution in [3.05, 3.63) is 69.7 Å². The van der Waals surface area contributed by atoms with Crippen LogP contribution in [0.1, 0.15) is 5.56 Å². The van der Waals surface area contributed by atoms with Gasteiger partial charge in [-0.1, -0.05) is 29.3 Å². The number of amides is 1. The number of anilines is 1. The Hall–Kier alpha value is -1.88. The number of halogens is 2. The van der Waals surface area contributed by atoms with Gasteiger partial charge in [-0.3, -0.25) is 4.79 Å². The largest absolute Gasteiger partial charge is 0.326 e. The van der Waals surface area contributed by atoms with Crippen LogP contribution in [0.25, 0.3) is 10.6 Å². The number of nitrogens with zero attached hydrogens (tertiary/aromatic N) is 1. The summed E-state index contributed by atoms with van der Waals surface area (Å²) in [6.45, 7) is 0. The molecule has 0 unspecified atom stereocenters. The highest BCUT2D eigenvalue weighted by atomic mass is 35.5. The summed E-state index contributed by atoms with van der Waals surface area (Å²) in [4.78, 5) is 16.4. The van der Waals surface area contributed by atoms with Crippen molar-refractivity contribution in [2.75, 3.05) is 5.32 Å². The van der Waals surface area contributed by atoms with Crippen LogP contribution in [0.15, 0.2) is 54.0 Å². The van der Waals surface area contributed by atoms with Crippen molar-refractivity contribution >= 4 is 46.1 Å². The molecule has 1 heterocycles. The first kappa shape index (κ1) is 16.0. The van der Waals surface area contributed by atoms with E-state index in [1.807, 2.05) is 29.6 Å². The molecular formula is C17H12Cl2N2OS. The summed E-state index contributed by atoms with van der Waals surface area (Å²) in [5, 5.41) is 6.71. The maximum atomic E-state index is 12.2. The summed E-state index contributed by atoms with van der Waals surface area (Å²) >= 11 is 13.7. The lowest BCUT2D eigenvalue weighted by molar-refractivity contribution is -0.115. The minimum Gasteiger partial charge on any atom is -0.326 e. The van der Waals surface area contributed by atoms with Gasteiger partial charge in [-0.05, 0) is 42.0 Å². The zero-order chi connectivity index (χ0) is 16.2. The first-order valence-electron chi connectivity index (χ1n) is 6.86. The number of hydrogen-bond acceptors (Lipinski definition) is 3. The Kier molecular flexibility index (Phi) is 4.96. The standard InChI is InChI=1S/C17H12Cl2N2OS/c18-14-2-1-3-15(19)13(14)10-16(22)21-12-6-4-11(5-7-12)17-20-8-9-23-17/h1-9H,10H2,(H,21,22). The third-order valence-electron chi connectivity index (χ3n) is 3.25. The molecule has 0 atom stereocenters. The number of benzene rings is 2. The molecule has 1 amide bonds. The second-order valence-corrected chi connectivity index (χ2v) is 6.55. The van der Waals surface area contributed by atoms with E-state index in [-0.39, 0.29) is 12.3 Å². The molecule has 0 radical (unpaired) electrons. The fourth-order valence-corrected chi connectivity index (χ4v) is 3.30. The molecule has 0 aliphatic carbocycles. The highest BCUT2D eigenvalue weighted by Crippen LogP contribution is 2.26. The molecule has 0 aliphatic rings. The molecule has 3 aromatic rings. The molecule has 0 fully saturated rings. The van der Waals surface area contributed by atoms with Gasteiger partial charge < -0.3 is 5.32 Å². The van der Waals surface area contributed by atoms with E-state index in [1.165, 1.54) is 0 Å². The quantitative estimate of drug-likeness (QED) is 0.684. The smallest absolute Gasteiger partial charge is 0.228 e. The number of rotatable bonds is 4. The van der Waals surface area contributed by atoms with Crippen LogP contribution >= 0.6 is 34.5 Å². The Morgan fingerprint density at radius 3 is 2.39 bits per heavy atom. The van der Waals surface area contributed by atoms with E-state index in [1.54, 1.807) is 35.7 Å². The molecule has 3 nitrogen and oxygen atoms in total. The van der Waals surface area contributed by atoms with E-state index < -0.39 is 0 Å². The highest BCUT2D eigenvalue weighted by Gasteiger charge is 2.11. The number of nitrogens with one attached hydrogen (secondary N) is 1. The van der Waals surface area contributed by atoms with E-state index in [2.05, 4.69) is 10.3 Å². The molecule has 0 aliphatic heterocycles. The Balaban J connectivity index is 1.68. The van der Waals surface area contributed by atoms with Crippen molar-refractivity contribution < 1.29 is 4.79 Å². The SMILES string of the molecule is O=C(Cc1c(Cl)cccc1Cl)Nc1ccc(-c2nccs2)cc1. The van der Waals surface area contributed by atoms with Crippen molar-refractivity contribution in [1.29, 1.82) is 0 Å². The van der Waals surface area contributed by atoms with Crippen LogP contribution in [0.4, 0.5) is 5.69 Å². The summed E-state index contributed by atoms with van der Waals surface area (Å²) in [5.41, 5.74) is 2.37. The topological polar surface area (TPSA) is 42.0 Å². The predicted octanol–water partition coefficient (Wildman–Crippen LogP) is 5.30. The number of thiazole rings is 1. The zero-order valence-corrected chi connectivity index (χ0v) is 14.3. The van der Waals surface area contributed by atoms with Crippen molar-refractivity contribution in [2.24, 2.45) is 0 Å². The fourth-order valence-electron chi connectivity index (χ4n) is 2.13. The molecule has 0 bridgehead atoms. The first-order valence-corrected chi connectivity index (χ1v) is 8.50. The summed E-state index contributed by atoms with van der Waals surface area (Å²) < 4.78 is 0. The Morgan fingerprint density at radius 2 is 1.78 bits per heavy atom. The Morgan fingerprint density at radius 1 is 1.09 bits per heavy atom. The summed E-state index contributed by atoms with van der Waals surface area (Å²) in [5.74, 6) is -0.165. The normalized spacial score (nSPS) is 10.5. The average Bonchev–Trinajstić information content (AvgIpc) is 3.06. The van der Waals surface area contributed by atoms with Crippen molar-refractivity contribution in [1.82, 2.24) is 4.98 Å². The zero-order valence-electron chi connectivity index (χ0n) is 11.9. The third-order valence-corrected chi connectivity index (χ3v) is 4.78. The predicted molar refractivity (Wildman–Crippen MR) is 96.3 cm³/mol. The van der Waals surface area contributed by atoms with Gasteiger partial charge in [-0.2, -0.15) is 0 Å². The lowest BCUT2D eigenvalue weighted by atomic mass is 10.1. The lowest BCUT2D eigenvalue weighted by Crippen LogP contribution is -2.14. The van der Waals surface area contributed by atoms with Crippen LogP contribution in [-0.2, 0) is 11.2 Å². The molecule has 116 valence electrons. The third kappa shape index (κ3) is 3.91. The van der Waals surface area contributed by atoms with E-state index in [9.17, 15) is 4.79 Å². The number of carbonyl (C=O) groups is 1. The van der Waals surface area contributed by atoms with Gasteiger partial charge in [0, 0.05) is 32.9 Å². The van der Waals surface area contributed by atoms with Gasteiger partial charge in [0.05, 0.1) is 6.42 Å². The van der Waals surface area contributed by atoms with Crippen LogP contribution in [-0.4, -0.2) is 10.9 Å². The van der Waals surface area contributed by atoms with Gasteiger partial charge in [-0.25, -0.2) is 4.98 Å².